The number of carbonyl (C=O) groups excluding carboxylic acids is 1. The third kappa shape index (κ3) is 3.21. The summed E-state index contributed by atoms with van der Waals surface area (Å²) in [5.74, 6) is 0.686. The Kier molecular flexibility index (Phi) is 4.69. The Hall–Kier alpha value is -2.17. The van der Waals surface area contributed by atoms with Crippen LogP contribution in [0.1, 0.15) is 21.7 Å². The van der Waals surface area contributed by atoms with Crippen LogP contribution in [-0.2, 0) is 11.3 Å². The lowest BCUT2D eigenvalue weighted by Gasteiger charge is -2.07. The Balaban J connectivity index is 1.87. The summed E-state index contributed by atoms with van der Waals surface area (Å²) >= 11 is 11.9. The van der Waals surface area contributed by atoms with Crippen LogP contribution in [0.2, 0.25) is 10.0 Å². The minimum absolute atomic E-state index is 0.326. The number of esters is 1. The van der Waals surface area contributed by atoms with Crippen molar-refractivity contribution in [2.75, 3.05) is 7.11 Å². The van der Waals surface area contributed by atoms with Crippen molar-refractivity contribution in [3.8, 4) is 5.75 Å². The zero-order valence-corrected chi connectivity index (χ0v) is 14.6. The summed E-state index contributed by atoms with van der Waals surface area (Å²) in [6.07, 6.45) is 0. The number of ether oxygens (including phenoxy) is 2. The van der Waals surface area contributed by atoms with E-state index in [1.807, 2.05) is 6.07 Å². The second kappa shape index (κ2) is 6.75. The molecule has 1 heterocycles. The van der Waals surface area contributed by atoms with Gasteiger partial charge in [-0.3, -0.25) is 0 Å². The summed E-state index contributed by atoms with van der Waals surface area (Å²) in [5.41, 5.74) is 1.91. The largest absolute Gasteiger partial charge is 0.489 e. The van der Waals surface area contributed by atoms with Gasteiger partial charge in [0.15, 0.2) is 0 Å². The van der Waals surface area contributed by atoms with Gasteiger partial charge in [0.05, 0.1) is 17.2 Å². The molecule has 124 valence electrons. The van der Waals surface area contributed by atoms with Crippen molar-refractivity contribution in [1.29, 1.82) is 0 Å². The van der Waals surface area contributed by atoms with E-state index in [0.717, 1.165) is 5.56 Å². The molecule has 0 radical (unpaired) electrons. The van der Waals surface area contributed by atoms with E-state index in [2.05, 4.69) is 0 Å². The van der Waals surface area contributed by atoms with E-state index in [9.17, 15) is 4.79 Å². The summed E-state index contributed by atoms with van der Waals surface area (Å²) in [6, 6.07) is 10.6. The minimum atomic E-state index is -0.437. The normalized spacial score (nSPS) is 10.8. The van der Waals surface area contributed by atoms with E-state index in [1.165, 1.54) is 7.11 Å². The van der Waals surface area contributed by atoms with Gasteiger partial charge in [0.2, 0.25) is 0 Å². The van der Waals surface area contributed by atoms with Gasteiger partial charge in [0.25, 0.3) is 0 Å². The number of methoxy groups -OCH3 is 1. The van der Waals surface area contributed by atoms with Crippen molar-refractivity contribution < 1.29 is 18.7 Å². The van der Waals surface area contributed by atoms with Crippen LogP contribution in [0.4, 0.5) is 0 Å². The molecule has 0 N–H and O–H groups in total. The molecule has 0 atom stereocenters. The molecule has 2 aromatic carbocycles. The quantitative estimate of drug-likeness (QED) is 0.580. The number of fused-ring (bicyclic) bond motifs is 1. The summed E-state index contributed by atoms with van der Waals surface area (Å²) < 4.78 is 16.2. The molecule has 3 rings (SSSR count). The molecule has 0 aliphatic carbocycles. The lowest BCUT2D eigenvalue weighted by atomic mass is 10.1. The van der Waals surface area contributed by atoms with Crippen molar-refractivity contribution >= 4 is 40.1 Å². The summed E-state index contributed by atoms with van der Waals surface area (Å²) in [7, 11) is 1.34. The minimum Gasteiger partial charge on any atom is -0.489 e. The van der Waals surface area contributed by atoms with Crippen LogP contribution in [0.25, 0.3) is 11.0 Å². The molecule has 0 saturated carbocycles. The van der Waals surface area contributed by atoms with Crippen molar-refractivity contribution in [3.05, 3.63) is 63.3 Å². The summed E-state index contributed by atoms with van der Waals surface area (Å²) in [6.45, 7) is 2.05. The molecule has 0 fully saturated rings. The van der Waals surface area contributed by atoms with E-state index < -0.39 is 5.97 Å². The Morgan fingerprint density at radius 2 is 1.92 bits per heavy atom. The second-order valence-electron chi connectivity index (χ2n) is 5.22. The average Bonchev–Trinajstić information content (AvgIpc) is 2.90. The molecule has 0 aliphatic heterocycles. The fraction of sp³-hybridized carbons (Fsp3) is 0.167. The van der Waals surface area contributed by atoms with E-state index >= 15 is 0 Å². The molecule has 0 bridgehead atoms. The molecular weight excluding hydrogens is 351 g/mol. The molecule has 24 heavy (non-hydrogen) atoms. The zero-order chi connectivity index (χ0) is 17.3. The molecule has 1 aromatic heterocycles. The van der Waals surface area contributed by atoms with Crippen LogP contribution in [0, 0.1) is 6.92 Å². The van der Waals surface area contributed by atoms with E-state index in [0.29, 0.717) is 44.7 Å². The smallest absolute Gasteiger partial charge is 0.342 e. The summed E-state index contributed by atoms with van der Waals surface area (Å²) in [5, 5.41) is 1.64. The third-order valence-electron chi connectivity index (χ3n) is 3.61. The molecule has 6 heteroatoms. The number of benzene rings is 2. The first kappa shape index (κ1) is 16.7. The maximum absolute atomic E-state index is 11.9. The van der Waals surface area contributed by atoms with Crippen LogP contribution in [0.5, 0.6) is 5.75 Å². The molecule has 0 spiro atoms. The molecule has 0 aliphatic rings. The first-order chi connectivity index (χ1) is 11.5. The Morgan fingerprint density at radius 1 is 1.12 bits per heavy atom. The first-order valence-corrected chi connectivity index (χ1v) is 7.93. The number of hydrogen-bond acceptors (Lipinski definition) is 4. The highest BCUT2D eigenvalue weighted by atomic mass is 35.5. The Bertz CT molecular complexity index is 915. The van der Waals surface area contributed by atoms with Crippen molar-refractivity contribution in [2.45, 2.75) is 13.5 Å². The second-order valence-corrected chi connectivity index (χ2v) is 6.03. The van der Waals surface area contributed by atoms with Gasteiger partial charge in [-0.1, -0.05) is 29.3 Å². The molecular formula is C18H14Cl2O4. The fourth-order valence-corrected chi connectivity index (χ4v) is 2.76. The maximum Gasteiger partial charge on any atom is 0.342 e. The zero-order valence-electron chi connectivity index (χ0n) is 13.1. The number of halogens is 2. The monoisotopic (exact) mass is 364 g/mol. The molecule has 0 unspecified atom stereocenters. The Labute approximate surface area is 148 Å². The van der Waals surface area contributed by atoms with E-state index in [-0.39, 0.29) is 0 Å². The number of aryl methyl sites for hydroxylation is 1. The Morgan fingerprint density at radius 3 is 2.62 bits per heavy atom. The molecule has 0 amide bonds. The van der Waals surface area contributed by atoms with Crippen LogP contribution >= 0.6 is 23.2 Å². The fourth-order valence-electron chi connectivity index (χ4n) is 2.44. The van der Waals surface area contributed by atoms with Gasteiger partial charge in [-0.05, 0) is 42.8 Å². The number of carbonyl (C=O) groups is 1. The van der Waals surface area contributed by atoms with Crippen LogP contribution in [0.3, 0.4) is 0 Å². The number of furan rings is 1. The van der Waals surface area contributed by atoms with Crippen molar-refractivity contribution in [3.63, 3.8) is 0 Å². The van der Waals surface area contributed by atoms with Gasteiger partial charge in [-0.25, -0.2) is 4.79 Å². The van der Waals surface area contributed by atoms with Gasteiger partial charge in [-0.2, -0.15) is 0 Å². The lowest BCUT2D eigenvalue weighted by Crippen LogP contribution is -2.02. The highest BCUT2D eigenvalue weighted by Gasteiger charge is 2.19. The van der Waals surface area contributed by atoms with Gasteiger partial charge < -0.3 is 13.9 Å². The lowest BCUT2D eigenvalue weighted by molar-refractivity contribution is 0.0601. The number of rotatable bonds is 4. The average molecular weight is 365 g/mol. The molecule has 3 aromatic rings. The standard InChI is InChI=1S/C18H14Cl2O4/c1-10-17(18(21)22-2)13-8-12(4-6-16(13)24-10)23-9-11-3-5-14(19)15(20)7-11/h3-8H,9H2,1-2H3. The topological polar surface area (TPSA) is 48.7 Å². The van der Waals surface area contributed by atoms with Crippen LogP contribution in [-0.4, -0.2) is 13.1 Å². The van der Waals surface area contributed by atoms with Crippen LogP contribution in [0.15, 0.2) is 40.8 Å². The predicted octanol–water partition coefficient (Wildman–Crippen LogP) is 5.41. The predicted molar refractivity (Wildman–Crippen MR) is 93.1 cm³/mol. The van der Waals surface area contributed by atoms with Gasteiger partial charge in [0, 0.05) is 5.39 Å². The SMILES string of the molecule is COC(=O)c1c(C)oc2ccc(OCc3ccc(Cl)c(Cl)c3)cc12. The summed E-state index contributed by atoms with van der Waals surface area (Å²) in [4.78, 5) is 11.9. The van der Waals surface area contributed by atoms with Crippen LogP contribution < -0.4 is 4.74 Å². The van der Waals surface area contributed by atoms with E-state index in [4.69, 9.17) is 37.1 Å². The van der Waals surface area contributed by atoms with E-state index in [1.54, 1.807) is 37.3 Å². The highest BCUT2D eigenvalue weighted by Crippen LogP contribution is 2.30. The number of hydrogen-bond donors (Lipinski definition) is 0. The molecule has 4 nitrogen and oxygen atoms in total. The van der Waals surface area contributed by atoms with Gasteiger partial charge in [0.1, 0.15) is 29.3 Å². The van der Waals surface area contributed by atoms with Crippen molar-refractivity contribution in [2.24, 2.45) is 0 Å². The highest BCUT2D eigenvalue weighted by molar-refractivity contribution is 6.42. The molecule has 0 saturated heterocycles. The van der Waals surface area contributed by atoms with Gasteiger partial charge >= 0.3 is 5.97 Å². The maximum atomic E-state index is 11.9. The van der Waals surface area contributed by atoms with Crippen molar-refractivity contribution in [1.82, 2.24) is 0 Å². The van der Waals surface area contributed by atoms with Gasteiger partial charge in [-0.15, -0.1) is 0 Å². The third-order valence-corrected chi connectivity index (χ3v) is 4.35. The first-order valence-electron chi connectivity index (χ1n) is 7.18.